The van der Waals surface area contributed by atoms with Crippen molar-refractivity contribution in [3.05, 3.63) is 35.4 Å². The van der Waals surface area contributed by atoms with Crippen LogP contribution in [0.1, 0.15) is 23.5 Å². The van der Waals surface area contributed by atoms with Crippen molar-refractivity contribution >= 4 is 0 Å². The van der Waals surface area contributed by atoms with Gasteiger partial charge in [-0.3, -0.25) is 0 Å². The van der Waals surface area contributed by atoms with E-state index in [-0.39, 0.29) is 0 Å². The number of likely N-dealkylation sites (N-methyl/N-ethyl adjacent to an activating group) is 1. The normalized spacial score (nSPS) is 20.7. The van der Waals surface area contributed by atoms with E-state index in [9.17, 15) is 0 Å². The highest BCUT2D eigenvalue weighted by molar-refractivity contribution is 5.26. The summed E-state index contributed by atoms with van der Waals surface area (Å²) < 4.78 is 5.40. The lowest BCUT2D eigenvalue weighted by Gasteiger charge is -2.08. The van der Waals surface area contributed by atoms with Crippen molar-refractivity contribution in [1.82, 2.24) is 5.32 Å². The van der Waals surface area contributed by atoms with Gasteiger partial charge in [-0.25, -0.2) is 0 Å². The van der Waals surface area contributed by atoms with E-state index in [1.165, 1.54) is 17.5 Å². The molecule has 0 aliphatic carbocycles. The van der Waals surface area contributed by atoms with Gasteiger partial charge in [0.25, 0.3) is 0 Å². The summed E-state index contributed by atoms with van der Waals surface area (Å²) in [5.41, 5.74) is 2.84. The minimum atomic E-state index is 0.628. The van der Waals surface area contributed by atoms with Gasteiger partial charge in [0, 0.05) is 12.5 Å². The number of ether oxygens (including phenoxy) is 1. The van der Waals surface area contributed by atoms with Gasteiger partial charge in [0.05, 0.1) is 6.61 Å². The number of hydrogen-bond acceptors (Lipinski definition) is 2. The molecule has 1 aromatic carbocycles. The Morgan fingerprint density at radius 2 is 2.13 bits per heavy atom. The summed E-state index contributed by atoms with van der Waals surface area (Å²) in [6, 6.07) is 8.99. The SMILES string of the molecule is CNCCc1ccc(C2CCOC2)cc1. The average molecular weight is 205 g/mol. The highest BCUT2D eigenvalue weighted by atomic mass is 16.5. The summed E-state index contributed by atoms with van der Waals surface area (Å²) in [6.45, 7) is 2.87. The molecule has 1 atom stereocenters. The van der Waals surface area contributed by atoms with Crippen molar-refractivity contribution in [2.24, 2.45) is 0 Å². The second kappa shape index (κ2) is 5.29. The highest BCUT2D eigenvalue weighted by Crippen LogP contribution is 2.25. The molecule has 1 N–H and O–H groups in total. The molecule has 82 valence electrons. The molecule has 1 fully saturated rings. The molecule has 1 unspecified atom stereocenters. The smallest absolute Gasteiger partial charge is 0.0535 e. The number of nitrogens with one attached hydrogen (secondary N) is 1. The van der Waals surface area contributed by atoms with Crippen molar-refractivity contribution in [2.75, 3.05) is 26.8 Å². The van der Waals surface area contributed by atoms with Crippen LogP contribution in [-0.2, 0) is 11.2 Å². The van der Waals surface area contributed by atoms with E-state index < -0.39 is 0 Å². The highest BCUT2D eigenvalue weighted by Gasteiger charge is 2.16. The van der Waals surface area contributed by atoms with E-state index in [2.05, 4.69) is 29.6 Å². The Hall–Kier alpha value is -0.860. The molecule has 2 heteroatoms. The molecule has 0 spiro atoms. The van der Waals surface area contributed by atoms with Gasteiger partial charge < -0.3 is 10.1 Å². The zero-order chi connectivity index (χ0) is 10.5. The lowest BCUT2D eigenvalue weighted by atomic mass is 9.97. The summed E-state index contributed by atoms with van der Waals surface area (Å²) in [4.78, 5) is 0. The summed E-state index contributed by atoms with van der Waals surface area (Å²) in [6.07, 6.45) is 2.29. The van der Waals surface area contributed by atoms with Crippen LogP contribution in [0.15, 0.2) is 24.3 Å². The molecule has 0 saturated carbocycles. The van der Waals surface area contributed by atoms with Crippen molar-refractivity contribution in [2.45, 2.75) is 18.8 Å². The maximum atomic E-state index is 5.40. The molecule has 2 rings (SSSR count). The van der Waals surface area contributed by atoms with Crippen LogP contribution in [0.2, 0.25) is 0 Å². The second-order valence-electron chi connectivity index (χ2n) is 4.16. The van der Waals surface area contributed by atoms with Crippen LogP contribution in [0, 0.1) is 0 Å². The monoisotopic (exact) mass is 205 g/mol. The van der Waals surface area contributed by atoms with Gasteiger partial charge in [-0.1, -0.05) is 24.3 Å². The van der Waals surface area contributed by atoms with Gasteiger partial charge in [0.15, 0.2) is 0 Å². The van der Waals surface area contributed by atoms with Gasteiger partial charge in [0.1, 0.15) is 0 Å². The molecule has 0 aromatic heterocycles. The predicted octanol–water partition coefficient (Wildman–Crippen LogP) is 1.95. The zero-order valence-electron chi connectivity index (χ0n) is 9.33. The number of rotatable bonds is 4. The molecule has 1 saturated heterocycles. The van der Waals surface area contributed by atoms with Gasteiger partial charge in [-0.2, -0.15) is 0 Å². The minimum absolute atomic E-state index is 0.628. The maximum Gasteiger partial charge on any atom is 0.0535 e. The van der Waals surface area contributed by atoms with Gasteiger partial charge >= 0.3 is 0 Å². The molecular formula is C13H19NO. The second-order valence-corrected chi connectivity index (χ2v) is 4.16. The topological polar surface area (TPSA) is 21.3 Å². The van der Waals surface area contributed by atoms with Crippen molar-refractivity contribution in [3.8, 4) is 0 Å². The molecule has 1 aromatic rings. The van der Waals surface area contributed by atoms with Crippen LogP contribution < -0.4 is 5.32 Å². The fourth-order valence-electron chi connectivity index (χ4n) is 2.02. The molecule has 0 radical (unpaired) electrons. The van der Waals surface area contributed by atoms with Crippen molar-refractivity contribution in [3.63, 3.8) is 0 Å². The molecule has 2 nitrogen and oxygen atoms in total. The summed E-state index contributed by atoms with van der Waals surface area (Å²) >= 11 is 0. The van der Waals surface area contributed by atoms with Gasteiger partial charge in [-0.15, -0.1) is 0 Å². The Labute approximate surface area is 91.6 Å². The molecule has 15 heavy (non-hydrogen) atoms. The fourth-order valence-corrected chi connectivity index (χ4v) is 2.02. The van der Waals surface area contributed by atoms with E-state index in [1.54, 1.807) is 0 Å². The molecule has 1 aliphatic heterocycles. The van der Waals surface area contributed by atoms with E-state index in [0.29, 0.717) is 5.92 Å². The minimum Gasteiger partial charge on any atom is -0.381 e. The Bertz CT molecular complexity index is 288. The predicted molar refractivity (Wildman–Crippen MR) is 62.2 cm³/mol. The van der Waals surface area contributed by atoms with E-state index in [4.69, 9.17) is 4.74 Å². The Balaban J connectivity index is 1.96. The maximum absolute atomic E-state index is 5.40. The fraction of sp³-hybridized carbons (Fsp3) is 0.538. The summed E-state index contributed by atoms with van der Waals surface area (Å²) in [5.74, 6) is 0.628. The van der Waals surface area contributed by atoms with Gasteiger partial charge in [0.2, 0.25) is 0 Å². The Kier molecular flexibility index (Phi) is 3.75. The standard InChI is InChI=1S/C13H19NO/c1-14-8-6-11-2-4-12(5-3-11)13-7-9-15-10-13/h2-5,13-14H,6-10H2,1H3. The quantitative estimate of drug-likeness (QED) is 0.811. The first-order valence-corrected chi connectivity index (χ1v) is 5.71. The first kappa shape index (κ1) is 10.7. The van der Waals surface area contributed by atoms with E-state index in [0.717, 1.165) is 26.2 Å². The van der Waals surface area contributed by atoms with E-state index >= 15 is 0 Å². The number of benzene rings is 1. The Morgan fingerprint density at radius 3 is 2.73 bits per heavy atom. The third-order valence-electron chi connectivity index (χ3n) is 3.04. The van der Waals surface area contributed by atoms with Gasteiger partial charge in [-0.05, 0) is 37.6 Å². The van der Waals surface area contributed by atoms with Crippen molar-refractivity contribution < 1.29 is 4.74 Å². The zero-order valence-corrected chi connectivity index (χ0v) is 9.33. The Morgan fingerprint density at radius 1 is 1.33 bits per heavy atom. The average Bonchev–Trinajstić information content (AvgIpc) is 2.80. The molecule has 1 aliphatic rings. The number of hydrogen-bond donors (Lipinski definition) is 1. The lowest BCUT2D eigenvalue weighted by Crippen LogP contribution is -2.10. The molecule has 0 bridgehead atoms. The molecule has 0 amide bonds. The lowest BCUT2D eigenvalue weighted by molar-refractivity contribution is 0.194. The summed E-state index contributed by atoms with van der Waals surface area (Å²) in [5, 5.41) is 3.17. The van der Waals surface area contributed by atoms with E-state index in [1.807, 2.05) is 7.05 Å². The first-order chi connectivity index (χ1) is 7.40. The summed E-state index contributed by atoms with van der Waals surface area (Å²) in [7, 11) is 1.99. The first-order valence-electron chi connectivity index (χ1n) is 5.71. The third kappa shape index (κ3) is 2.80. The van der Waals surface area contributed by atoms with Crippen LogP contribution in [0.4, 0.5) is 0 Å². The van der Waals surface area contributed by atoms with Crippen LogP contribution in [0.3, 0.4) is 0 Å². The third-order valence-corrected chi connectivity index (χ3v) is 3.04. The molecule has 1 heterocycles. The largest absolute Gasteiger partial charge is 0.381 e. The van der Waals surface area contributed by atoms with Crippen molar-refractivity contribution in [1.29, 1.82) is 0 Å². The van der Waals surface area contributed by atoms with Crippen LogP contribution in [-0.4, -0.2) is 26.8 Å². The van der Waals surface area contributed by atoms with Crippen LogP contribution in [0.5, 0.6) is 0 Å². The van der Waals surface area contributed by atoms with Crippen LogP contribution >= 0.6 is 0 Å². The molecular weight excluding hydrogens is 186 g/mol. The van der Waals surface area contributed by atoms with Crippen LogP contribution in [0.25, 0.3) is 0 Å².